The van der Waals surface area contributed by atoms with Crippen molar-refractivity contribution in [2.75, 3.05) is 19.8 Å². The van der Waals surface area contributed by atoms with Gasteiger partial charge in [0.1, 0.15) is 12.4 Å². The molecule has 1 N–H and O–H groups in total. The zero-order valence-corrected chi connectivity index (χ0v) is 18.5. The Morgan fingerprint density at radius 3 is 2.10 bits per heavy atom. The van der Waals surface area contributed by atoms with Crippen LogP contribution in [-0.2, 0) is 14.3 Å². The number of carbonyl (C=O) groups is 1. The molecule has 0 aliphatic heterocycles. The average molecular weight is 409 g/mol. The summed E-state index contributed by atoms with van der Waals surface area (Å²) in [6.45, 7) is 11.4. The number of carboxylic acids is 1. The number of para-hydroxylation sites is 1. The highest BCUT2D eigenvalue weighted by Crippen LogP contribution is 2.10. The van der Waals surface area contributed by atoms with Gasteiger partial charge in [0, 0.05) is 12.7 Å². The van der Waals surface area contributed by atoms with Crippen molar-refractivity contribution in [2.45, 2.75) is 77.9 Å². The van der Waals surface area contributed by atoms with Gasteiger partial charge in [-0.1, -0.05) is 70.2 Å². The lowest BCUT2D eigenvalue weighted by Gasteiger charge is -2.18. The average Bonchev–Trinajstić information content (AvgIpc) is 2.73. The smallest absolute Gasteiger partial charge is 0.327 e. The van der Waals surface area contributed by atoms with Gasteiger partial charge in [0.05, 0.1) is 18.8 Å². The first-order valence-corrected chi connectivity index (χ1v) is 10.8. The largest absolute Gasteiger partial charge is 0.491 e. The minimum atomic E-state index is -0.981. The molecule has 0 fully saturated rings. The Labute approximate surface area is 177 Å². The zero-order chi connectivity index (χ0) is 21.7. The van der Waals surface area contributed by atoms with Gasteiger partial charge in [-0.25, -0.2) is 4.79 Å². The molecule has 166 valence electrons. The van der Waals surface area contributed by atoms with Gasteiger partial charge in [0.25, 0.3) is 0 Å². The van der Waals surface area contributed by atoms with Gasteiger partial charge in [-0.15, -0.1) is 0 Å². The van der Waals surface area contributed by atoms with Crippen molar-refractivity contribution in [1.29, 1.82) is 0 Å². The second-order valence-electron chi connectivity index (χ2n) is 7.11. The topological polar surface area (TPSA) is 65.0 Å². The zero-order valence-electron chi connectivity index (χ0n) is 18.5. The van der Waals surface area contributed by atoms with Crippen molar-refractivity contribution < 1.29 is 24.1 Å². The van der Waals surface area contributed by atoms with Crippen molar-refractivity contribution in [1.82, 2.24) is 0 Å². The Morgan fingerprint density at radius 2 is 1.52 bits per heavy atom. The Bertz CT molecular complexity index is 503. The number of unbranched alkanes of at least 4 members (excludes halogenated alkanes) is 6. The van der Waals surface area contributed by atoms with Crippen molar-refractivity contribution in [2.24, 2.45) is 0 Å². The van der Waals surface area contributed by atoms with E-state index in [1.54, 1.807) is 0 Å². The van der Waals surface area contributed by atoms with Crippen molar-refractivity contribution >= 4 is 5.97 Å². The lowest BCUT2D eigenvalue weighted by molar-refractivity contribution is -0.131. The molecule has 5 nitrogen and oxygen atoms in total. The predicted octanol–water partition coefficient (Wildman–Crippen LogP) is 5.88. The predicted molar refractivity (Wildman–Crippen MR) is 119 cm³/mol. The molecule has 0 bridgehead atoms. The normalized spacial score (nSPS) is 12.4. The van der Waals surface area contributed by atoms with Crippen LogP contribution in [0.2, 0.25) is 0 Å². The molecule has 0 saturated heterocycles. The standard InChI is InChI=1S/C21H36O3.C3H4O2/c1-4-5-6-7-8-9-13-16-22-19(2)17-23-20(3)18-24-21-14-11-10-12-15-21;1-2-3(4)5/h10-12,14-15,19-20H,4-9,13,16-18H2,1-3H3;2H,1H2,(H,4,5). The number of benzene rings is 1. The molecule has 0 radical (unpaired) electrons. The van der Waals surface area contributed by atoms with Crippen LogP contribution in [0.25, 0.3) is 0 Å². The van der Waals surface area contributed by atoms with Gasteiger partial charge in [-0.2, -0.15) is 0 Å². The van der Waals surface area contributed by atoms with E-state index >= 15 is 0 Å². The van der Waals surface area contributed by atoms with Gasteiger partial charge in [-0.3, -0.25) is 0 Å². The first-order valence-electron chi connectivity index (χ1n) is 10.8. The lowest BCUT2D eigenvalue weighted by atomic mass is 10.1. The molecule has 29 heavy (non-hydrogen) atoms. The van der Waals surface area contributed by atoms with Gasteiger partial charge < -0.3 is 19.3 Å². The Balaban J connectivity index is 0.00000139. The van der Waals surface area contributed by atoms with E-state index in [1.165, 1.54) is 38.5 Å². The number of ether oxygens (including phenoxy) is 3. The molecule has 5 heteroatoms. The van der Waals surface area contributed by atoms with E-state index in [-0.39, 0.29) is 12.2 Å². The molecule has 2 unspecified atom stereocenters. The van der Waals surface area contributed by atoms with Crippen LogP contribution in [-0.4, -0.2) is 43.1 Å². The molecule has 0 aliphatic carbocycles. The Morgan fingerprint density at radius 1 is 0.966 bits per heavy atom. The molecule has 2 atom stereocenters. The fraction of sp³-hybridized carbons (Fsp3) is 0.625. The fourth-order valence-corrected chi connectivity index (χ4v) is 2.47. The van der Waals surface area contributed by atoms with Crippen LogP contribution in [0.3, 0.4) is 0 Å². The first kappa shape index (κ1) is 27.1. The quantitative estimate of drug-likeness (QED) is 0.273. The van der Waals surface area contributed by atoms with Crippen molar-refractivity contribution in [3.05, 3.63) is 43.0 Å². The highest BCUT2D eigenvalue weighted by Gasteiger charge is 2.08. The van der Waals surface area contributed by atoms with Crippen LogP contribution in [0, 0.1) is 0 Å². The van der Waals surface area contributed by atoms with Crippen molar-refractivity contribution in [3.63, 3.8) is 0 Å². The molecule has 0 aromatic heterocycles. The van der Waals surface area contributed by atoms with Crippen LogP contribution in [0.1, 0.15) is 65.7 Å². The fourth-order valence-electron chi connectivity index (χ4n) is 2.47. The van der Waals surface area contributed by atoms with Crippen molar-refractivity contribution in [3.8, 4) is 5.75 Å². The minimum absolute atomic E-state index is 0.0646. The first-order chi connectivity index (χ1) is 14.0. The number of hydrogen-bond donors (Lipinski definition) is 1. The molecule has 0 heterocycles. The third-order valence-electron chi connectivity index (χ3n) is 4.17. The molecule has 1 aromatic rings. The van der Waals surface area contributed by atoms with Crippen LogP contribution < -0.4 is 4.74 Å². The number of rotatable bonds is 16. The summed E-state index contributed by atoms with van der Waals surface area (Å²) in [4.78, 5) is 9.25. The molecule has 0 saturated carbocycles. The molecule has 0 amide bonds. The van der Waals surface area contributed by atoms with Crippen LogP contribution >= 0.6 is 0 Å². The SMILES string of the molecule is C=CC(=O)O.CCCCCCCCCOC(C)COC(C)COc1ccccc1. The van der Waals surface area contributed by atoms with Gasteiger partial charge in [0.15, 0.2) is 0 Å². The molecular weight excluding hydrogens is 368 g/mol. The van der Waals surface area contributed by atoms with E-state index in [1.807, 2.05) is 37.3 Å². The molecule has 0 spiro atoms. The molecule has 1 rings (SSSR count). The maximum absolute atomic E-state index is 9.25. The monoisotopic (exact) mass is 408 g/mol. The summed E-state index contributed by atoms with van der Waals surface area (Å²) in [5.74, 6) is -0.0961. The van der Waals surface area contributed by atoms with E-state index < -0.39 is 5.97 Å². The number of carboxylic acid groups (broad SMARTS) is 1. The van der Waals surface area contributed by atoms with E-state index in [0.29, 0.717) is 13.2 Å². The second-order valence-corrected chi connectivity index (χ2v) is 7.11. The van der Waals surface area contributed by atoms with E-state index in [2.05, 4.69) is 20.4 Å². The number of hydrogen-bond acceptors (Lipinski definition) is 4. The van der Waals surface area contributed by atoms with E-state index in [4.69, 9.17) is 19.3 Å². The summed E-state index contributed by atoms with van der Waals surface area (Å²) in [5.41, 5.74) is 0. The summed E-state index contributed by atoms with van der Waals surface area (Å²) in [5, 5.41) is 7.60. The van der Waals surface area contributed by atoms with Gasteiger partial charge >= 0.3 is 5.97 Å². The summed E-state index contributed by atoms with van der Waals surface area (Å²) in [7, 11) is 0. The minimum Gasteiger partial charge on any atom is -0.491 e. The Hall–Kier alpha value is -1.85. The van der Waals surface area contributed by atoms with Crippen LogP contribution in [0.4, 0.5) is 0 Å². The summed E-state index contributed by atoms with van der Waals surface area (Å²) in [6, 6.07) is 9.85. The Kier molecular flexibility index (Phi) is 18.2. The maximum Gasteiger partial charge on any atom is 0.327 e. The van der Waals surface area contributed by atoms with E-state index in [9.17, 15) is 4.79 Å². The summed E-state index contributed by atoms with van der Waals surface area (Å²) in [6.07, 6.45) is 10.2. The number of aliphatic carboxylic acids is 1. The highest BCUT2D eigenvalue weighted by molar-refractivity contribution is 5.78. The van der Waals surface area contributed by atoms with E-state index in [0.717, 1.165) is 24.9 Å². The molecule has 1 aromatic carbocycles. The maximum atomic E-state index is 9.25. The summed E-state index contributed by atoms with van der Waals surface area (Å²) < 4.78 is 17.3. The highest BCUT2D eigenvalue weighted by atomic mass is 16.6. The van der Waals surface area contributed by atoms with Crippen LogP contribution in [0.15, 0.2) is 43.0 Å². The summed E-state index contributed by atoms with van der Waals surface area (Å²) >= 11 is 0. The molecule has 0 aliphatic rings. The second kappa shape index (κ2) is 19.5. The van der Waals surface area contributed by atoms with Gasteiger partial charge in [-0.05, 0) is 32.4 Å². The third-order valence-corrected chi connectivity index (χ3v) is 4.17. The third kappa shape index (κ3) is 19.2. The van der Waals surface area contributed by atoms with Crippen LogP contribution in [0.5, 0.6) is 5.75 Å². The van der Waals surface area contributed by atoms with Gasteiger partial charge in [0.2, 0.25) is 0 Å². The lowest BCUT2D eigenvalue weighted by Crippen LogP contribution is -2.24. The molecular formula is C24H40O5.